The van der Waals surface area contributed by atoms with Crippen molar-refractivity contribution in [1.82, 2.24) is 9.80 Å². The van der Waals surface area contributed by atoms with Gasteiger partial charge in [-0.1, -0.05) is 66.7 Å². The Morgan fingerprint density at radius 2 is 1.58 bits per heavy atom. The lowest BCUT2D eigenvalue weighted by molar-refractivity contribution is 0.127. The number of rotatable bonds is 10. The largest absolute Gasteiger partial charge is 0.495 e. The Labute approximate surface area is 216 Å². The van der Waals surface area contributed by atoms with Gasteiger partial charge in [-0.05, 0) is 74.4 Å². The number of ether oxygens (including phenoxy) is 1. The standard InChI is InChI=1S/C31H39N3O2/c1-25-15-16-30(36-2)29(24-25)32-31(35)34(23-17-27-12-7-4-8-13-27)28-18-21-33(22-19-28)20-9-14-26-10-5-3-6-11-26/h3-8,10-13,15-16,24,28H,9,14,17-23H2,1-2H3,(H,32,35). The second-order valence-corrected chi connectivity index (χ2v) is 9.72. The average Bonchev–Trinajstić information content (AvgIpc) is 2.91. The van der Waals surface area contributed by atoms with E-state index in [2.05, 4.69) is 69.7 Å². The molecule has 0 radical (unpaired) electrons. The van der Waals surface area contributed by atoms with Crippen molar-refractivity contribution in [1.29, 1.82) is 0 Å². The van der Waals surface area contributed by atoms with Crippen LogP contribution in [0.3, 0.4) is 0 Å². The van der Waals surface area contributed by atoms with Crippen molar-refractivity contribution in [2.45, 2.75) is 45.1 Å². The molecule has 1 N–H and O–H groups in total. The Hall–Kier alpha value is -3.31. The number of likely N-dealkylation sites (tertiary alicyclic amines) is 1. The van der Waals surface area contributed by atoms with Gasteiger partial charge in [-0.15, -0.1) is 0 Å². The van der Waals surface area contributed by atoms with Gasteiger partial charge < -0.3 is 19.9 Å². The highest BCUT2D eigenvalue weighted by Gasteiger charge is 2.28. The highest BCUT2D eigenvalue weighted by molar-refractivity contribution is 5.91. The summed E-state index contributed by atoms with van der Waals surface area (Å²) in [5.41, 5.74) is 4.47. The number of nitrogens with one attached hydrogen (secondary N) is 1. The van der Waals surface area contributed by atoms with Crippen LogP contribution in [0.15, 0.2) is 78.9 Å². The first-order valence-electron chi connectivity index (χ1n) is 13.1. The van der Waals surface area contributed by atoms with E-state index < -0.39 is 0 Å². The van der Waals surface area contributed by atoms with Gasteiger partial charge in [0.25, 0.3) is 0 Å². The third kappa shape index (κ3) is 7.34. The summed E-state index contributed by atoms with van der Waals surface area (Å²) < 4.78 is 5.50. The lowest BCUT2D eigenvalue weighted by Gasteiger charge is -2.38. The topological polar surface area (TPSA) is 44.8 Å². The van der Waals surface area contributed by atoms with Gasteiger partial charge in [-0.2, -0.15) is 0 Å². The van der Waals surface area contributed by atoms with E-state index in [4.69, 9.17) is 4.74 Å². The smallest absolute Gasteiger partial charge is 0.322 e. The van der Waals surface area contributed by atoms with E-state index in [-0.39, 0.29) is 12.1 Å². The van der Waals surface area contributed by atoms with E-state index >= 15 is 0 Å². The first kappa shape index (κ1) is 25.8. The molecule has 1 saturated heterocycles. The van der Waals surface area contributed by atoms with Crippen LogP contribution in [-0.2, 0) is 12.8 Å². The van der Waals surface area contributed by atoms with E-state index in [9.17, 15) is 4.79 Å². The van der Waals surface area contributed by atoms with E-state index in [1.165, 1.54) is 17.5 Å². The normalized spacial score (nSPS) is 14.4. The molecule has 3 aromatic rings. The molecule has 1 aliphatic heterocycles. The van der Waals surface area contributed by atoms with Crippen LogP contribution < -0.4 is 10.1 Å². The Morgan fingerprint density at radius 1 is 0.944 bits per heavy atom. The highest BCUT2D eigenvalue weighted by atomic mass is 16.5. The van der Waals surface area contributed by atoms with Crippen LogP contribution in [0.5, 0.6) is 5.75 Å². The minimum Gasteiger partial charge on any atom is -0.495 e. The zero-order valence-electron chi connectivity index (χ0n) is 21.7. The quantitative estimate of drug-likeness (QED) is 0.373. The molecule has 2 amide bonds. The van der Waals surface area contributed by atoms with Crippen LogP contribution in [-0.4, -0.2) is 55.2 Å². The average molecular weight is 486 g/mol. The molecular formula is C31H39N3O2. The number of urea groups is 1. The summed E-state index contributed by atoms with van der Waals surface area (Å²) in [5, 5.41) is 3.15. The molecule has 1 fully saturated rings. The van der Waals surface area contributed by atoms with Crippen LogP contribution in [0.1, 0.15) is 36.0 Å². The summed E-state index contributed by atoms with van der Waals surface area (Å²) in [7, 11) is 1.64. The lowest BCUT2D eigenvalue weighted by Crippen LogP contribution is -2.49. The SMILES string of the molecule is COc1ccc(C)cc1NC(=O)N(CCc1ccccc1)C1CCN(CCCc2ccccc2)CC1. The summed E-state index contributed by atoms with van der Waals surface area (Å²) in [6.45, 7) is 5.89. The maximum Gasteiger partial charge on any atom is 0.322 e. The van der Waals surface area contributed by atoms with Gasteiger partial charge in [0, 0.05) is 25.7 Å². The van der Waals surface area contributed by atoms with Crippen molar-refractivity contribution in [2.75, 3.05) is 38.6 Å². The fourth-order valence-electron chi connectivity index (χ4n) is 5.06. The van der Waals surface area contributed by atoms with Crippen molar-refractivity contribution in [3.05, 3.63) is 95.6 Å². The molecule has 0 atom stereocenters. The molecule has 3 aromatic carbocycles. The van der Waals surface area contributed by atoms with Crippen LogP contribution in [0.25, 0.3) is 0 Å². The molecule has 0 spiro atoms. The summed E-state index contributed by atoms with van der Waals surface area (Å²) in [6, 6.07) is 27.2. The predicted molar refractivity (Wildman–Crippen MR) is 148 cm³/mol. The van der Waals surface area contributed by atoms with Gasteiger partial charge in [0.15, 0.2) is 0 Å². The van der Waals surface area contributed by atoms with Crippen LogP contribution in [0.2, 0.25) is 0 Å². The van der Waals surface area contributed by atoms with E-state index in [0.717, 1.165) is 56.6 Å². The summed E-state index contributed by atoms with van der Waals surface area (Å²) in [6.07, 6.45) is 5.12. The van der Waals surface area contributed by atoms with E-state index in [1.807, 2.05) is 31.2 Å². The number of piperidine rings is 1. The molecule has 4 rings (SSSR count). The second-order valence-electron chi connectivity index (χ2n) is 9.72. The monoisotopic (exact) mass is 485 g/mol. The minimum absolute atomic E-state index is 0.0441. The summed E-state index contributed by atoms with van der Waals surface area (Å²) >= 11 is 0. The third-order valence-electron chi connectivity index (χ3n) is 7.12. The van der Waals surface area contributed by atoms with Gasteiger partial charge >= 0.3 is 6.03 Å². The molecule has 1 heterocycles. The zero-order chi connectivity index (χ0) is 25.2. The zero-order valence-corrected chi connectivity index (χ0v) is 21.7. The highest BCUT2D eigenvalue weighted by Crippen LogP contribution is 2.27. The Balaban J connectivity index is 1.37. The summed E-state index contributed by atoms with van der Waals surface area (Å²) in [4.78, 5) is 18.2. The maximum absolute atomic E-state index is 13.6. The second kappa shape index (κ2) is 13.1. The lowest BCUT2D eigenvalue weighted by atomic mass is 10.0. The molecule has 0 unspecified atom stereocenters. The molecule has 5 heteroatoms. The number of nitrogens with zero attached hydrogens (tertiary/aromatic N) is 2. The van der Waals surface area contributed by atoms with E-state index in [1.54, 1.807) is 7.11 Å². The summed E-state index contributed by atoms with van der Waals surface area (Å²) in [5.74, 6) is 0.685. The third-order valence-corrected chi connectivity index (χ3v) is 7.12. The number of carbonyl (C=O) groups is 1. The van der Waals surface area contributed by atoms with Crippen LogP contribution in [0.4, 0.5) is 10.5 Å². The number of hydrogen-bond acceptors (Lipinski definition) is 3. The fourth-order valence-corrected chi connectivity index (χ4v) is 5.06. The molecule has 5 nitrogen and oxygen atoms in total. The number of hydrogen-bond donors (Lipinski definition) is 1. The molecular weight excluding hydrogens is 446 g/mol. The molecule has 0 aromatic heterocycles. The van der Waals surface area contributed by atoms with Crippen molar-refractivity contribution in [2.24, 2.45) is 0 Å². The van der Waals surface area contributed by atoms with Gasteiger partial charge in [-0.25, -0.2) is 4.79 Å². The number of carbonyl (C=O) groups excluding carboxylic acids is 1. The molecule has 0 saturated carbocycles. The van der Waals surface area contributed by atoms with Crippen molar-refractivity contribution in [3.63, 3.8) is 0 Å². The number of aryl methyl sites for hydroxylation is 2. The Morgan fingerprint density at radius 3 is 2.22 bits per heavy atom. The van der Waals surface area contributed by atoms with Crippen molar-refractivity contribution < 1.29 is 9.53 Å². The van der Waals surface area contributed by atoms with Gasteiger partial charge in [0.05, 0.1) is 12.8 Å². The van der Waals surface area contributed by atoms with Crippen LogP contribution >= 0.6 is 0 Å². The molecule has 0 aliphatic carbocycles. The Bertz CT molecular complexity index is 1080. The molecule has 36 heavy (non-hydrogen) atoms. The maximum atomic E-state index is 13.6. The molecule has 1 aliphatic rings. The first-order valence-corrected chi connectivity index (χ1v) is 13.1. The number of benzene rings is 3. The van der Waals surface area contributed by atoms with Crippen molar-refractivity contribution >= 4 is 11.7 Å². The molecule has 0 bridgehead atoms. The van der Waals surface area contributed by atoms with Gasteiger partial charge in [0.2, 0.25) is 0 Å². The van der Waals surface area contributed by atoms with Gasteiger partial charge in [-0.3, -0.25) is 0 Å². The van der Waals surface area contributed by atoms with Crippen LogP contribution in [0, 0.1) is 6.92 Å². The fraction of sp³-hybridized carbons (Fsp3) is 0.387. The minimum atomic E-state index is -0.0441. The van der Waals surface area contributed by atoms with Gasteiger partial charge in [0.1, 0.15) is 5.75 Å². The number of amides is 2. The Kier molecular flexibility index (Phi) is 9.40. The number of anilines is 1. The molecule has 190 valence electrons. The number of methoxy groups -OCH3 is 1. The predicted octanol–water partition coefficient (Wildman–Crippen LogP) is 6.18. The first-order chi connectivity index (χ1) is 17.6. The van der Waals surface area contributed by atoms with Crippen molar-refractivity contribution in [3.8, 4) is 5.75 Å². The van der Waals surface area contributed by atoms with E-state index in [0.29, 0.717) is 12.3 Å².